The van der Waals surface area contributed by atoms with Crippen LogP contribution in [0.4, 0.5) is 0 Å². The number of fused-ring (bicyclic) bond motifs is 5. The average Bonchev–Trinajstić information content (AvgIpc) is 3.09. The monoisotopic (exact) mass is 447 g/mol. The highest BCUT2D eigenvalue weighted by molar-refractivity contribution is 5.71. The lowest BCUT2D eigenvalue weighted by molar-refractivity contribution is -0.355. The summed E-state index contributed by atoms with van der Waals surface area (Å²) in [5, 5.41) is 51.5. The number of phenolic OH excluding ortho intramolecular Hbond substituents is 1. The number of rotatable bonds is 3. The van der Waals surface area contributed by atoms with Gasteiger partial charge in [-0.3, -0.25) is 0 Å². The minimum atomic E-state index is -1.78. The van der Waals surface area contributed by atoms with Crippen LogP contribution in [0.5, 0.6) is 5.75 Å². The second-order valence-corrected chi connectivity index (χ2v) is 10.3. The summed E-state index contributed by atoms with van der Waals surface area (Å²) in [5.41, 5.74) is 2.42. The van der Waals surface area contributed by atoms with Gasteiger partial charge in [0.2, 0.25) is 0 Å². The maximum atomic E-state index is 11.3. The fraction of sp³-hybridized carbons (Fsp3) is 0.708. The molecule has 4 N–H and O–H groups in total. The summed E-state index contributed by atoms with van der Waals surface area (Å²) in [6.07, 6.45) is -2.75. The molecule has 1 heterocycles. The number of hydrogen-bond acceptors (Lipinski definition) is 8. The molecule has 3 fully saturated rings. The maximum Gasteiger partial charge on any atom is 0.187 e. The van der Waals surface area contributed by atoms with Crippen molar-refractivity contribution in [3.05, 3.63) is 29.3 Å². The van der Waals surface area contributed by atoms with E-state index in [1.54, 1.807) is 6.07 Å². The van der Waals surface area contributed by atoms with Gasteiger partial charge in [-0.1, -0.05) is 13.0 Å². The van der Waals surface area contributed by atoms with Gasteiger partial charge in [0.25, 0.3) is 0 Å². The molecule has 0 unspecified atom stereocenters. The van der Waals surface area contributed by atoms with E-state index in [1.807, 2.05) is 6.07 Å². The quantitative estimate of drug-likeness (QED) is 0.515. The first-order valence-electron chi connectivity index (χ1n) is 11.6. The predicted octanol–water partition coefficient (Wildman–Crippen LogP) is 0.191. The Balaban J connectivity index is 1.34. The number of aryl methyl sites for hydroxylation is 1. The number of carbonyl (C=O) groups excluding carboxylic acids is 1. The third-order valence-corrected chi connectivity index (χ3v) is 8.72. The summed E-state index contributed by atoms with van der Waals surface area (Å²) in [6, 6.07) is 5.71. The first kappa shape index (κ1) is 22.1. The van der Waals surface area contributed by atoms with Crippen LogP contribution in [0, 0.1) is 17.3 Å². The van der Waals surface area contributed by atoms with Crippen LogP contribution in [0.2, 0.25) is 0 Å². The molecular weight excluding hydrogens is 416 g/mol. The van der Waals surface area contributed by atoms with Crippen LogP contribution in [0.25, 0.3) is 0 Å². The number of aliphatic hydroxyl groups excluding tert-OH is 3. The molecule has 3 aliphatic carbocycles. The number of carboxylic acids is 1. The van der Waals surface area contributed by atoms with Gasteiger partial charge >= 0.3 is 0 Å². The molecule has 1 aromatic carbocycles. The van der Waals surface area contributed by atoms with Crippen molar-refractivity contribution >= 4 is 5.97 Å². The van der Waals surface area contributed by atoms with E-state index in [9.17, 15) is 30.3 Å². The van der Waals surface area contributed by atoms with E-state index in [1.165, 1.54) is 11.1 Å². The van der Waals surface area contributed by atoms with Gasteiger partial charge in [-0.2, -0.15) is 0 Å². The number of aromatic hydroxyl groups is 1. The van der Waals surface area contributed by atoms with Crippen LogP contribution in [0.3, 0.4) is 0 Å². The predicted molar refractivity (Wildman–Crippen MR) is 109 cm³/mol. The Morgan fingerprint density at radius 1 is 1.12 bits per heavy atom. The molecule has 0 amide bonds. The lowest BCUT2D eigenvalue weighted by atomic mass is 9.55. The number of carboxylic acid groups (broad SMARTS) is 1. The van der Waals surface area contributed by atoms with Crippen LogP contribution >= 0.6 is 0 Å². The Morgan fingerprint density at radius 3 is 2.66 bits per heavy atom. The summed E-state index contributed by atoms with van der Waals surface area (Å²) >= 11 is 0. The van der Waals surface area contributed by atoms with Crippen molar-refractivity contribution in [2.24, 2.45) is 17.3 Å². The topological polar surface area (TPSA) is 140 Å². The first-order valence-corrected chi connectivity index (χ1v) is 11.6. The Labute approximate surface area is 186 Å². The molecule has 32 heavy (non-hydrogen) atoms. The van der Waals surface area contributed by atoms with Crippen molar-refractivity contribution in [1.82, 2.24) is 0 Å². The van der Waals surface area contributed by atoms with Crippen molar-refractivity contribution in [2.45, 2.75) is 88.2 Å². The molecule has 1 aromatic rings. The zero-order valence-electron chi connectivity index (χ0n) is 18.1. The lowest BCUT2D eigenvalue weighted by Crippen LogP contribution is -2.63. The molecule has 8 nitrogen and oxygen atoms in total. The number of hydrogen-bond donors (Lipinski definition) is 4. The molecular formula is C24H31O8-. The highest BCUT2D eigenvalue weighted by Crippen LogP contribution is 2.61. The summed E-state index contributed by atoms with van der Waals surface area (Å²) < 4.78 is 11.5. The third-order valence-electron chi connectivity index (χ3n) is 8.72. The second-order valence-electron chi connectivity index (χ2n) is 10.3. The van der Waals surface area contributed by atoms with Crippen LogP contribution in [-0.2, 0) is 20.7 Å². The molecule has 0 bridgehead atoms. The van der Waals surface area contributed by atoms with Gasteiger partial charge in [-0.05, 0) is 85.0 Å². The third kappa shape index (κ3) is 3.35. The fourth-order valence-corrected chi connectivity index (χ4v) is 7.06. The number of phenols is 1. The van der Waals surface area contributed by atoms with Crippen molar-refractivity contribution in [3.63, 3.8) is 0 Å². The number of ether oxygens (including phenoxy) is 2. The largest absolute Gasteiger partial charge is 0.547 e. The Morgan fingerprint density at radius 2 is 1.91 bits per heavy atom. The van der Waals surface area contributed by atoms with E-state index >= 15 is 0 Å². The van der Waals surface area contributed by atoms with E-state index < -0.39 is 36.7 Å². The van der Waals surface area contributed by atoms with Gasteiger partial charge in [-0.15, -0.1) is 0 Å². The Hall–Kier alpha value is -1.71. The molecule has 2 saturated carbocycles. The minimum Gasteiger partial charge on any atom is -0.547 e. The van der Waals surface area contributed by atoms with Crippen LogP contribution in [-0.4, -0.2) is 63.2 Å². The number of carbonyl (C=O) groups is 1. The Kier molecular flexibility index (Phi) is 5.49. The molecule has 0 spiro atoms. The zero-order chi connectivity index (χ0) is 22.8. The van der Waals surface area contributed by atoms with Gasteiger partial charge in [0.1, 0.15) is 30.2 Å². The second kappa shape index (κ2) is 7.95. The van der Waals surface area contributed by atoms with E-state index in [0.717, 1.165) is 38.5 Å². The molecule has 0 radical (unpaired) electrons. The maximum absolute atomic E-state index is 11.3. The summed E-state index contributed by atoms with van der Waals surface area (Å²) in [7, 11) is 0. The average molecular weight is 448 g/mol. The van der Waals surface area contributed by atoms with E-state index in [0.29, 0.717) is 23.5 Å². The molecule has 1 saturated heterocycles. The molecule has 10 atom stereocenters. The van der Waals surface area contributed by atoms with Gasteiger partial charge in [-0.25, -0.2) is 0 Å². The van der Waals surface area contributed by atoms with Crippen molar-refractivity contribution < 1.29 is 39.8 Å². The molecule has 4 aliphatic rings. The molecule has 8 heteroatoms. The van der Waals surface area contributed by atoms with Gasteiger partial charge in [0.15, 0.2) is 6.29 Å². The summed E-state index contributed by atoms with van der Waals surface area (Å²) in [5.74, 6) is 0.0267. The summed E-state index contributed by atoms with van der Waals surface area (Å²) in [6.45, 7) is 2.20. The molecule has 0 aromatic heterocycles. The Bertz CT molecular complexity index is 889. The van der Waals surface area contributed by atoms with Crippen LogP contribution in [0.1, 0.15) is 56.1 Å². The van der Waals surface area contributed by atoms with Gasteiger partial charge < -0.3 is 39.8 Å². The van der Waals surface area contributed by atoms with E-state index in [4.69, 9.17) is 9.47 Å². The van der Waals surface area contributed by atoms with Crippen LogP contribution < -0.4 is 5.11 Å². The normalized spacial score (nSPS) is 45.6. The molecule has 176 valence electrons. The zero-order valence-corrected chi connectivity index (χ0v) is 18.1. The van der Waals surface area contributed by atoms with Crippen molar-refractivity contribution in [2.75, 3.05) is 0 Å². The van der Waals surface area contributed by atoms with Crippen LogP contribution in [0.15, 0.2) is 18.2 Å². The number of benzene rings is 1. The summed E-state index contributed by atoms with van der Waals surface area (Å²) in [4.78, 5) is 11.3. The lowest BCUT2D eigenvalue weighted by Gasteiger charge is -2.51. The molecule has 1 aliphatic heterocycles. The standard InChI is InChI=1S/C24H32O8/c1-24-9-8-14-13-5-3-12(25)10-11(13)2-4-15(14)16(24)6-7-17(24)31-23-20(28)18(26)19(27)21(32-23)22(29)30/h3,5,10,14-21,23,25-28H,2,4,6-9H2,1H3,(H,29,30)/p-1/t14-,15+,16+,17+,18+,19+,20-,21+,23-,24+/m1/s1. The SMILES string of the molecule is C[C@]12CC[C@@H]3c4ccc(O)cc4CC[C@@H]3[C@@H]1CC[C@@H]2O[C@@H]1O[C@H](C(=O)[O-])[C@@H](O)[C@H](O)[C@H]1O. The van der Waals surface area contributed by atoms with Crippen molar-refractivity contribution in [1.29, 1.82) is 0 Å². The van der Waals surface area contributed by atoms with E-state index in [2.05, 4.69) is 13.0 Å². The van der Waals surface area contributed by atoms with Crippen molar-refractivity contribution in [3.8, 4) is 5.75 Å². The smallest absolute Gasteiger partial charge is 0.187 e. The fourth-order valence-electron chi connectivity index (χ4n) is 7.06. The minimum absolute atomic E-state index is 0.156. The highest BCUT2D eigenvalue weighted by atomic mass is 16.7. The van der Waals surface area contributed by atoms with Gasteiger partial charge in [0, 0.05) is 0 Å². The molecule has 5 rings (SSSR count). The van der Waals surface area contributed by atoms with Gasteiger partial charge in [0.05, 0.1) is 12.1 Å². The highest BCUT2D eigenvalue weighted by Gasteiger charge is 2.57. The van der Waals surface area contributed by atoms with E-state index in [-0.39, 0.29) is 11.5 Å². The number of aliphatic hydroxyl groups is 3. The first-order chi connectivity index (χ1) is 15.2. The number of aliphatic carboxylic acids is 1.